The second kappa shape index (κ2) is 7.31. The van der Waals surface area contributed by atoms with Gasteiger partial charge in [0.15, 0.2) is 6.54 Å². The zero-order chi connectivity index (χ0) is 15.9. The third-order valence-electron chi connectivity index (χ3n) is 3.59. The van der Waals surface area contributed by atoms with Gasteiger partial charge in [-0.05, 0) is 15.8 Å². The molecule has 0 amide bonds. The van der Waals surface area contributed by atoms with Gasteiger partial charge in [-0.2, -0.15) is 0 Å². The van der Waals surface area contributed by atoms with E-state index in [1.165, 1.54) is 5.56 Å². The maximum Gasteiger partial charge on any atom is 0.342 e. The molecule has 0 bridgehead atoms. The average Bonchev–Trinajstić information content (AvgIpc) is 2.97. The van der Waals surface area contributed by atoms with Gasteiger partial charge in [0, 0.05) is 6.42 Å². The molecule has 0 aliphatic heterocycles. The van der Waals surface area contributed by atoms with Crippen LogP contribution in [0, 0.1) is 5.21 Å². The summed E-state index contributed by atoms with van der Waals surface area (Å²) >= 11 is 0. The van der Waals surface area contributed by atoms with Crippen LogP contribution in [0.25, 0.3) is 0 Å². The molecular weight excluding hydrogens is 292 g/mol. The van der Waals surface area contributed by atoms with Crippen LogP contribution in [0.2, 0.25) is 0 Å². The molecule has 116 valence electrons. The van der Waals surface area contributed by atoms with E-state index in [0.717, 1.165) is 17.7 Å². The van der Waals surface area contributed by atoms with E-state index >= 15 is 0 Å². The highest BCUT2D eigenvalue weighted by atomic mass is 16.5. The van der Waals surface area contributed by atoms with Crippen molar-refractivity contribution in [3.05, 3.63) is 82.7 Å². The molecule has 6 heteroatoms. The first kappa shape index (κ1) is 14.9. The predicted octanol–water partition coefficient (Wildman–Crippen LogP) is 3.38. The summed E-state index contributed by atoms with van der Waals surface area (Å²) in [7, 11) is 0. The lowest BCUT2D eigenvalue weighted by molar-refractivity contribution is -0.767. The van der Waals surface area contributed by atoms with Crippen LogP contribution in [-0.2, 0) is 19.4 Å². The molecule has 0 aliphatic carbocycles. The largest absolute Gasteiger partial charge is 0.775 e. The van der Waals surface area contributed by atoms with Gasteiger partial charge in [-0.25, -0.2) is 5.28 Å². The van der Waals surface area contributed by atoms with Gasteiger partial charge in [0.05, 0.1) is 6.42 Å². The van der Waals surface area contributed by atoms with E-state index in [1.54, 1.807) is 4.68 Å². The first-order chi connectivity index (χ1) is 11.4. The summed E-state index contributed by atoms with van der Waals surface area (Å²) in [5, 5.41) is 20.5. The maximum absolute atomic E-state index is 10.5. The van der Waals surface area contributed by atoms with Crippen molar-refractivity contribution in [1.29, 1.82) is 0 Å². The molecule has 3 aromatic rings. The van der Waals surface area contributed by atoms with Gasteiger partial charge < -0.3 is 5.21 Å². The van der Waals surface area contributed by atoms with Gasteiger partial charge in [-0.15, -0.1) is 5.11 Å². The molecule has 0 radical (unpaired) electrons. The first-order valence-corrected chi connectivity index (χ1v) is 7.36. The van der Waals surface area contributed by atoms with E-state index in [1.807, 2.05) is 48.5 Å². The van der Waals surface area contributed by atoms with Crippen molar-refractivity contribution < 1.29 is 9.20 Å². The molecule has 1 heterocycles. The van der Waals surface area contributed by atoms with Gasteiger partial charge in [0.2, 0.25) is 5.27 Å². The molecule has 0 N–H and O–H groups in total. The van der Waals surface area contributed by atoms with Crippen LogP contribution in [0.15, 0.2) is 75.6 Å². The number of rotatable bonds is 6. The number of benzene rings is 2. The summed E-state index contributed by atoms with van der Waals surface area (Å²) in [6, 6.07) is 20.0. The molecule has 0 fully saturated rings. The van der Waals surface area contributed by atoms with E-state index < -0.39 is 0 Å². The molecule has 3 rings (SSSR count). The fourth-order valence-electron chi connectivity index (χ4n) is 2.42. The Morgan fingerprint density at radius 1 is 0.957 bits per heavy atom. The number of aryl methyl sites for hydroxylation is 2. The van der Waals surface area contributed by atoms with Gasteiger partial charge in [-0.3, -0.25) is 4.52 Å². The molecule has 23 heavy (non-hydrogen) atoms. The Labute approximate surface area is 133 Å². The lowest BCUT2D eigenvalue weighted by atomic mass is 10.1. The summed E-state index contributed by atoms with van der Waals surface area (Å²) in [6.45, 7) is 0.643. The van der Waals surface area contributed by atoms with Crippen molar-refractivity contribution in [2.75, 3.05) is 0 Å². The summed E-state index contributed by atoms with van der Waals surface area (Å²) < 4.78 is 6.89. The van der Waals surface area contributed by atoms with Crippen LogP contribution in [-0.4, -0.2) is 5.27 Å². The van der Waals surface area contributed by atoms with E-state index in [0.29, 0.717) is 13.0 Å². The smallest absolute Gasteiger partial charge is 0.342 e. The quantitative estimate of drug-likeness (QED) is 0.398. The monoisotopic (exact) mass is 308 g/mol. The molecule has 0 saturated heterocycles. The van der Waals surface area contributed by atoms with E-state index in [-0.39, 0.29) is 5.88 Å². The Hall–Kier alpha value is -3.02. The third-order valence-corrected chi connectivity index (χ3v) is 3.59. The van der Waals surface area contributed by atoms with Gasteiger partial charge in [0.25, 0.3) is 5.69 Å². The minimum Gasteiger partial charge on any atom is -0.775 e. The molecule has 6 nitrogen and oxygen atoms in total. The zero-order valence-corrected chi connectivity index (χ0v) is 12.5. The molecule has 2 aromatic carbocycles. The Balaban J connectivity index is 1.82. The summed E-state index contributed by atoms with van der Waals surface area (Å²) in [6.07, 6.45) is 1.39. The number of hydrogen-bond acceptors (Lipinski definition) is 5. The minimum absolute atomic E-state index is 0.164. The summed E-state index contributed by atoms with van der Waals surface area (Å²) in [4.78, 5) is 0. The average molecular weight is 308 g/mol. The fraction of sp³-hybridized carbons (Fsp3) is 0.176. The van der Waals surface area contributed by atoms with Crippen molar-refractivity contribution in [2.24, 2.45) is 10.4 Å². The SMILES string of the molecule is [O-]/N=N/c1on[n+](CCc2ccccc2)c1Cc1ccccc1. The van der Waals surface area contributed by atoms with Gasteiger partial charge in [0.1, 0.15) is 0 Å². The van der Waals surface area contributed by atoms with Crippen molar-refractivity contribution in [1.82, 2.24) is 5.27 Å². The lowest BCUT2D eigenvalue weighted by Gasteiger charge is -1.98. The molecule has 0 saturated carbocycles. The topological polar surface area (TPSA) is 77.7 Å². The van der Waals surface area contributed by atoms with Crippen molar-refractivity contribution in [2.45, 2.75) is 19.4 Å². The third kappa shape index (κ3) is 3.79. The van der Waals surface area contributed by atoms with Crippen LogP contribution in [0.5, 0.6) is 0 Å². The van der Waals surface area contributed by atoms with E-state index in [9.17, 15) is 5.21 Å². The number of aromatic nitrogens is 2. The minimum atomic E-state index is 0.164. The summed E-state index contributed by atoms with van der Waals surface area (Å²) in [5.74, 6) is 0.164. The Kier molecular flexibility index (Phi) is 4.73. The van der Waals surface area contributed by atoms with Crippen molar-refractivity contribution in [3.8, 4) is 0 Å². The van der Waals surface area contributed by atoms with Crippen LogP contribution < -0.4 is 4.68 Å². The number of nitrogens with zero attached hydrogens (tertiary/aromatic N) is 4. The molecular formula is C17H16N4O2. The molecule has 0 spiro atoms. The van der Waals surface area contributed by atoms with Crippen LogP contribution in [0.1, 0.15) is 16.8 Å². The van der Waals surface area contributed by atoms with Crippen LogP contribution in [0.4, 0.5) is 5.88 Å². The maximum atomic E-state index is 10.5. The highest BCUT2D eigenvalue weighted by Gasteiger charge is 2.24. The predicted molar refractivity (Wildman–Crippen MR) is 84.0 cm³/mol. The Morgan fingerprint density at radius 2 is 1.61 bits per heavy atom. The molecule has 0 unspecified atom stereocenters. The molecule has 1 aromatic heterocycles. The standard InChI is InChI=1S/C17H16N4O2/c22-19-18-17-16(13-15-9-5-2-6-10-15)21(20-23-17)12-11-14-7-3-1-4-8-14/h1-10H,11-13H2. The van der Waals surface area contributed by atoms with Gasteiger partial charge >= 0.3 is 5.88 Å². The summed E-state index contributed by atoms with van der Waals surface area (Å²) in [5.41, 5.74) is 3.04. The van der Waals surface area contributed by atoms with Crippen LogP contribution in [0.3, 0.4) is 0 Å². The van der Waals surface area contributed by atoms with Crippen LogP contribution >= 0.6 is 0 Å². The Morgan fingerprint density at radius 3 is 2.26 bits per heavy atom. The number of hydrogen-bond donors (Lipinski definition) is 0. The first-order valence-electron chi connectivity index (χ1n) is 7.36. The Bertz CT molecular complexity index is 770. The molecule has 0 aliphatic rings. The molecule has 0 atom stereocenters. The zero-order valence-electron chi connectivity index (χ0n) is 12.5. The van der Waals surface area contributed by atoms with E-state index in [2.05, 4.69) is 27.8 Å². The van der Waals surface area contributed by atoms with E-state index in [4.69, 9.17) is 4.52 Å². The normalized spacial score (nSPS) is 11.1. The second-order valence-electron chi connectivity index (χ2n) is 5.13. The fourth-order valence-corrected chi connectivity index (χ4v) is 2.42. The van der Waals surface area contributed by atoms with Gasteiger partial charge in [-0.1, -0.05) is 60.7 Å². The highest BCUT2D eigenvalue weighted by molar-refractivity contribution is 5.30. The van der Waals surface area contributed by atoms with Crippen molar-refractivity contribution >= 4 is 5.88 Å². The lowest BCUT2D eigenvalue weighted by Crippen LogP contribution is -2.40. The van der Waals surface area contributed by atoms with Crippen molar-refractivity contribution in [3.63, 3.8) is 0 Å². The highest BCUT2D eigenvalue weighted by Crippen LogP contribution is 2.19. The second-order valence-corrected chi connectivity index (χ2v) is 5.13.